The number of carbonyl (C=O) groups is 1. The number of hydrogen-bond donors (Lipinski definition) is 2. The molecule has 8 nitrogen and oxygen atoms in total. The van der Waals surface area contributed by atoms with Crippen molar-refractivity contribution in [2.24, 2.45) is 0 Å². The van der Waals surface area contributed by atoms with E-state index in [1.165, 1.54) is 17.4 Å². The van der Waals surface area contributed by atoms with E-state index in [9.17, 15) is 23.2 Å². The van der Waals surface area contributed by atoms with Crippen molar-refractivity contribution in [2.75, 3.05) is 17.4 Å². The van der Waals surface area contributed by atoms with Crippen LogP contribution < -0.4 is 20.1 Å². The summed E-state index contributed by atoms with van der Waals surface area (Å²) in [5.41, 5.74) is 1.84. The number of anilines is 2. The summed E-state index contributed by atoms with van der Waals surface area (Å²) in [7, 11) is 0. The van der Waals surface area contributed by atoms with Crippen molar-refractivity contribution in [3.63, 3.8) is 0 Å². The molecule has 1 amide bonds. The molecule has 3 aliphatic rings. The summed E-state index contributed by atoms with van der Waals surface area (Å²) in [6, 6.07) is 5.90. The van der Waals surface area contributed by atoms with E-state index in [0.717, 1.165) is 40.8 Å². The van der Waals surface area contributed by atoms with Crippen LogP contribution in [0.3, 0.4) is 0 Å². The van der Waals surface area contributed by atoms with Gasteiger partial charge in [-0.15, -0.1) is 11.3 Å². The van der Waals surface area contributed by atoms with Crippen LogP contribution in [0.25, 0.3) is 0 Å². The number of aryl methyl sites for hydroxylation is 1. The van der Waals surface area contributed by atoms with Crippen LogP contribution in [0.2, 0.25) is 0 Å². The topological polar surface area (TPSA) is 101 Å². The molecule has 1 aromatic carbocycles. The van der Waals surface area contributed by atoms with Crippen molar-refractivity contribution < 1.29 is 27.4 Å². The Morgan fingerprint density at radius 2 is 2.03 bits per heavy atom. The zero-order chi connectivity index (χ0) is 25.0. The molecule has 0 bridgehead atoms. The minimum absolute atomic E-state index is 0.0635. The first-order chi connectivity index (χ1) is 17.3. The summed E-state index contributed by atoms with van der Waals surface area (Å²) in [4.78, 5) is 14.1. The zero-order valence-electron chi connectivity index (χ0n) is 18.8. The lowest BCUT2D eigenvalue weighted by molar-refractivity contribution is -0.173. The van der Waals surface area contributed by atoms with Gasteiger partial charge in [-0.25, -0.2) is 4.68 Å². The number of nitrogens with zero attached hydrogens (tertiary/aromatic N) is 3. The van der Waals surface area contributed by atoms with Gasteiger partial charge < -0.3 is 20.1 Å². The van der Waals surface area contributed by atoms with Crippen molar-refractivity contribution >= 4 is 28.1 Å². The number of ether oxygens (including phenoxy) is 2. The van der Waals surface area contributed by atoms with Gasteiger partial charge in [0, 0.05) is 17.4 Å². The number of benzene rings is 1. The number of nitriles is 1. The monoisotopic (exact) mass is 515 g/mol. The first-order valence-electron chi connectivity index (χ1n) is 11.5. The van der Waals surface area contributed by atoms with E-state index in [2.05, 4.69) is 21.8 Å². The van der Waals surface area contributed by atoms with Gasteiger partial charge in [0.25, 0.3) is 5.91 Å². The summed E-state index contributed by atoms with van der Waals surface area (Å²) in [5, 5.41) is 19.9. The maximum atomic E-state index is 14.0. The molecular weight excluding hydrogens is 495 g/mol. The van der Waals surface area contributed by atoms with E-state index in [4.69, 9.17) is 9.47 Å². The number of hydrogen-bond acceptors (Lipinski definition) is 7. The lowest BCUT2D eigenvalue weighted by Gasteiger charge is -2.33. The van der Waals surface area contributed by atoms with E-state index in [1.807, 2.05) is 0 Å². The van der Waals surface area contributed by atoms with Crippen molar-refractivity contribution in [2.45, 2.75) is 50.4 Å². The van der Waals surface area contributed by atoms with E-state index in [-0.39, 0.29) is 24.7 Å². The van der Waals surface area contributed by atoms with Gasteiger partial charge in [0.1, 0.15) is 16.9 Å². The Kier molecular flexibility index (Phi) is 5.33. The highest BCUT2D eigenvalue weighted by Gasteiger charge is 2.47. The number of nitrogens with one attached hydrogen (secondary N) is 2. The number of fused-ring (bicyclic) bond motifs is 3. The van der Waals surface area contributed by atoms with Crippen molar-refractivity contribution in [1.82, 2.24) is 9.78 Å². The van der Waals surface area contributed by atoms with Gasteiger partial charge in [-0.3, -0.25) is 4.79 Å². The van der Waals surface area contributed by atoms with Crippen molar-refractivity contribution in [3.05, 3.63) is 51.5 Å². The highest BCUT2D eigenvalue weighted by molar-refractivity contribution is 7.16. The molecule has 0 saturated carbocycles. The third-order valence-electron chi connectivity index (χ3n) is 6.73. The van der Waals surface area contributed by atoms with Crippen molar-refractivity contribution in [1.29, 1.82) is 5.26 Å². The molecule has 4 heterocycles. The summed E-state index contributed by atoms with van der Waals surface area (Å²) >= 11 is 1.35. The van der Waals surface area contributed by atoms with Gasteiger partial charge in [0.15, 0.2) is 23.2 Å². The van der Waals surface area contributed by atoms with Gasteiger partial charge in [0.2, 0.25) is 6.79 Å². The molecule has 2 aromatic heterocycles. The molecule has 12 heteroatoms. The minimum atomic E-state index is -4.58. The fourth-order valence-electron chi connectivity index (χ4n) is 4.97. The highest BCUT2D eigenvalue weighted by Crippen LogP contribution is 2.45. The average molecular weight is 516 g/mol. The lowest BCUT2D eigenvalue weighted by atomic mass is 9.96. The second-order valence-corrected chi connectivity index (χ2v) is 10.0. The summed E-state index contributed by atoms with van der Waals surface area (Å²) < 4.78 is 53.6. The van der Waals surface area contributed by atoms with Crippen LogP contribution >= 0.6 is 11.3 Å². The Hall–Kier alpha value is -3.72. The largest absolute Gasteiger partial charge is 0.454 e. The van der Waals surface area contributed by atoms with Crippen LogP contribution in [-0.4, -0.2) is 28.7 Å². The first-order valence-corrected chi connectivity index (χ1v) is 12.3. The number of amides is 1. The second-order valence-electron chi connectivity index (χ2n) is 8.94. The molecule has 1 aliphatic carbocycles. The minimum Gasteiger partial charge on any atom is -0.454 e. The van der Waals surface area contributed by atoms with Crippen LogP contribution in [0.1, 0.15) is 63.4 Å². The third-order valence-corrected chi connectivity index (χ3v) is 7.94. The number of halogens is 3. The summed E-state index contributed by atoms with van der Waals surface area (Å²) in [6.45, 7) is 0.0635. The van der Waals surface area contributed by atoms with E-state index in [0.29, 0.717) is 27.6 Å². The Bertz CT molecular complexity index is 1410. The van der Waals surface area contributed by atoms with E-state index < -0.39 is 24.2 Å². The lowest BCUT2D eigenvalue weighted by Crippen LogP contribution is -2.35. The van der Waals surface area contributed by atoms with Crippen LogP contribution in [0.5, 0.6) is 11.5 Å². The molecule has 3 aromatic rings. The smallest absolute Gasteiger partial charge is 0.410 e. The molecule has 186 valence electrons. The second kappa shape index (κ2) is 8.44. The Morgan fingerprint density at radius 3 is 2.83 bits per heavy atom. The third kappa shape index (κ3) is 3.83. The van der Waals surface area contributed by atoms with Crippen LogP contribution in [0, 0.1) is 11.3 Å². The van der Waals surface area contributed by atoms with E-state index in [1.54, 1.807) is 18.2 Å². The van der Waals surface area contributed by atoms with Gasteiger partial charge in [0.05, 0.1) is 11.6 Å². The van der Waals surface area contributed by atoms with Gasteiger partial charge in [-0.1, -0.05) is 6.07 Å². The molecule has 0 radical (unpaired) electrons. The fourth-order valence-corrected chi connectivity index (χ4v) is 6.21. The molecule has 0 saturated heterocycles. The zero-order valence-corrected chi connectivity index (χ0v) is 19.6. The van der Waals surface area contributed by atoms with Crippen molar-refractivity contribution in [3.8, 4) is 17.6 Å². The molecular formula is C24H20F3N5O3S. The molecule has 2 atom stereocenters. The number of carbonyl (C=O) groups excluding carboxylic acids is 1. The van der Waals surface area contributed by atoms with Crippen LogP contribution in [-0.2, 0) is 12.8 Å². The quantitative estimate of drug-likeness (QED) is 0.489. The van der Waals surface area contributed by atoms with Gasteiger partial charge >= 0.3 is 6.18 Å². The first kappa shape index (κ1) is 22.7. The normalized spacial score (nSPS) is 20.2. The average Bonchev–Trinajstić information content (AvgIpc) is 3.58. The SMILES string of the molecule is N#Cc1c(NC(=O)c2cc3n(n2)C(C(F)(F)F)CC(c2ccc4c(c2)OCO4)N3)sc2c1CCCC2. The number of aromatic nitrogens is 2. The maximum absolute atomic E-state index is 14.0. The highest BCUT2D eigenvalue weighted by atomic mass is 32.1. The fraction of sp³-hybridized carbons (Fsp3) is 0.375. The Labute approximate surface area is 207 Å². The Morgan fingerprint density at radius 1 is 1.22 bits per heavy atom. The number of alkyl halides is 3. The number of thiophene rings is 1. The standard InChI is InChI=1S/C24H20F3N5O3S/c25-24(26,27)20-8-15(12-5-6-17-18(7-12)35-11-34-17)29-21-9-16(31-32(20)21)22(33)30-23-14(10-28)13-3-1-2-4-19(13)36-23/h5-7,9,15,20,29H,1-4,8,11H2,(H,30,33). The predicted octanol–water partition coefficient (Wildman–Crippen LogP) is 5.34. The molecule has 36 heavy (non-hydrogen) atoms. The molecule has 0 spiro atoms. The van der Waals surface area contributed by atoms with Crippen LogP contribution in [0.4, 0.5) is 24.0 Å². The molecule has 2 aliphatic heterocycles. The van der Waals surface area contributed by atoms with Crippen LogP contribution in [0.15, 0.2) is 24.3 Å². The van der Waals surface area contributed by atoms with E-state index >= 15 is 0 Å². The molecule has 2 N–H and O–H groups in total. The molecule has 0 fully saturated rings. The maximum Gasteiger partial charge on any atom is 0.410 e. The number of rotatable bonds is 3. The van der Waals surface area contributed by atoms with Gasteiger partial charge in [-0.2, -0.15) is 23.5 Å². The predicted molar refractivity (Wildman–Crippen MR) is 124 cm³/mol. The molecule has 2 unspecified atom stereocenters. The van der Waals surface area contributed by atoms with Gasteiger partial charge in [-0.05, 0) is 48.9 Å². The summed E-state index contributed by atoms with van der Waals surface area (Å²) in [5.74, 6) is 0.443. The Balaban J connectivity index is 1.30. The molecule has 6 rings (SSSR count). The summed E-state index contributed by atoms with van der Waals surface area (Å²) in [6.07, 6.45) is -1.26.